The topological polar surface area (TPSA) is 28.5 Å². The van der Waals surface area contributed by atoms with Gasteiger partial charge >= 0.3 is 0 Å². The van der Waals surface area contributed by atoms with E-state index >= 15 is 0 Å². The Hall–Kier alpha value is -2.75. The van der Waals surface area contributed by atoms with Crippen LogP contribution in [0.1, 0.15) is 22.2 Å². The molecule has 2 aliphatic heterocycles. The Kier molecular flexibility index (Phi) is 2.43. The number of hydrogen-bond donors (Lipinski definition) is 0. The lowest BCUT2D eigenvalue weighted by atomic mass is 10.0. The molecule has 1 amide bonds. The number of hydrogen-bond acceptors (Lipinski definition) is 2. The Bertz CT molecular complexity index is 943. The summed E-state index contributed by atoms with van der Waals surface area (Å²) in [5.41, 5.74) is 4.26. The predicted octanol–water partition coefficient (Wildman–Crippen LogP) is 3.25. The van der Waals surface area contributed by atoms with E-state index < -0.39 is 0 Å². The molecule has 0 radical (unpaired) electrons. The van der Waals surface area contributed by atoms with Crippen LogP contribution in [0.15, 0.2) is 54.6 Å². The molecule has 1 aromatic heterocycles. The third kappa shape index (κ3) is 1.58. The van der Waals surface area contributed by atoms with Gasteiger partial charge in [0.2, 0.25) is 0 Å². The Balaban J connectivity index is 1.75. The van der Waals surface area contributed by atoms with Crippen LogP contribution in [0, 0.1) is 0 Å². The molecule has 0 saturated heterocycles. The number of carbonyl (C=O) groups is 1. The molecule has 23 heavy (non-hydrogen) atoms. The second-order valence-corrected chi connectivity index (χ2v) is 6.28. The van der Waals surface area contributed by atoms with E-state index in [-0.39, 0.29) is 12.1 Å². The second kappa shape index (κ2) is 4.38. The van der Waals surface area contributed by atoms with Gasteiger partial charge in [-0.15, -0.1) is 0 Å². The molecule has 3 aromatic rings. The van der Waals surface area contributed by atoms with Crippen LogP contribution in [0.3, 0.4) is 0 Å². The van der Waals surface area contributed by atoms with Gasteiger partial charge in [0.25, 0.3) is 5.91 Å². The van der Waals surface area contributed by atoms with Gasteiger partial charge in [0.15, 0.2) is 0 Å². The molecule has 114 valence electrons. The van der Waals surface area contributed by atoms with Crippen LogP contribution in [0.5, 0.6) is 0 Å². The first-order valence-electron chi connectivity index (χ1n) is 7.97. The number of amides is 1. The fourth-order valence-corrected chi connectivity index (χ4v) is 4.05. The van der Waals surface area contributed by atoms with E-state index in [9.17, 15) is 4.79 Å². The van der Waals surface area contributed by atoms with Crippen LogP contribution in [0.4, 0.5) is 5.69 Å². The molecule has 0 aliphatic carbocycles. The van der Waals surface area contributed by atoms with E-state index in [1.165, 1.54) is 16.6 Å². The van der Waals surface area contributed by atoms with Crippen molar-refractivity contribution in [3.8, 4) is 0 Å². The van der Waals surface area contributed by atoms with Crippen molar-refractivity contribution >= 4 is 22.5 Å². The van der Waals surface area contributed by atoms with Gasteiger partial charge in [-0.05, 0) is 24.3 Å². The van der Waals surface area contributed by atoms with Crippen molar-refractivity contribution in [2.45, 2.75) is 12.7 Å². The van der Waals surface area contributed by atoms with E-state index in [2.05, 4.69) is 46.8 Å². The number of anilines is 1. The van der Waals surface area contributed by atoms with Crippen LogP contribution in [0.25, 0.3) is 10.9 Å². The fraction of sp³-hybridized carbons (Fsp3) is 0.211. The summed E-state index contributed by atoms with van der Waals surface area (Å²) in [7, 11) is 2.08. The molecule has 0 saturated carbocycles. The minimum absolute atomic E-state index is 0.0291. The van der Waals surface area contributed by atoms with Crippen molar-refractivity contribution in [2.75, 3.05) is 18.5 Å². The van der Waals surface area contributed by atoms with E-state index in [1.807, 2.05) is 29.2 Å². The number of carbonyl (C=O) groups excluding carboxylic acids is 1. The van der Waals surface area contributed by atoms with Crippen LogP contribution < -0.4 is 4.90 Å². The van der Waals surface area contributed by atoms with E-state index in [1.54, 1.807) is 0 Å². The zero-order valence-electron chi connectivity index (χ0n) is 12.9. The molecule has 5 rings (SSSR count). The predicted molar refractivity (Wildman–Crippen MR) is 90.6 cm³/mol. The van der Waals surface area contributed by atoms with Gasteiger partial charge < -0.3 is 14.4 Å². The molecule has 0 N–H and O–H groups in total. The van der Waals surface area contributed by atoms with Crippen molar-refractivity contribution in [1.82, 2.24) is 9.47 Å². The van der Waals surface area contributed by atoms with Crippen molar-refractivity contribution < 1.29 is 4.79 Å². The standard InChI is InChI=1S/C19H17N3O/c1-20-16-9-5-3-7-14(16)19(23)22-11-10-21-15-8-4-2-6-13(15)12-17(21)18(20)22/h2-9,12,18H,10-11H2,1H3. The van der Waals surface area contributed by atoms with Crippen molar-refractivity contribution in [3.63, 3.8) is 0 Å². The maximum atomic E-state index is 12.9. The summed E-state index contributed by atoms with van der Waals surface area (Å²) in [4.78, 5) is 17.1. The van der Waals surface area contributed by atoms with Gasteiger partial charge in [0.1, 0.15) is 6.17 Å². The Morgan fingerprint density at radius 3 is 2.70 bits per heavy atom. The summed E-state index contributed by atoms with van der Waals surface area (Å²) in [5, 5.41) is 1.24. The average molecular weight is 303 g/mol. The van der Waals surface area contributed by atoms with Gasteiger partial charge in [-0.25, -0.2) is 0 Å². The number of rotatable bonds is 0. The first-order valence-corrected chi connectivity index (χ1v) is 7.97. The molecule has 4 nitrogen and oxygen atoms in total. The first-order chi connectivity index (χ1) is 11.3. The van der Waals surface area contributed by atoms with E-state index in [4.69, 9.17) is 0 Å². The highest BCUT2D eigenvalue weighted by atomic mass is 16.2. The first kappa shape index (κ1) is 12.8. The smallest absolute Gasteiger partial charge is 0.257 e. The lowest BCUT2D eigenvalue weighted by Crippen LogP contribution is -2.52. The molecule has 2 aliphatic rings. The van der Waals surface area contributed by atoms with Crippen LogP contribution in [0.2, 0.25) is 0 Å². The summed E-state index contributed by atoms with van der Waals surface area (Å²) < 4.78 is 2.36. The zero-order valence-corrected chi connectivity index (χ0v) is 12.9. The molecule has 1 unspecified atom stereocenters. The summed E-state index contributed by atoms with van der Waals surface area (Å²) in [6.45, 7) is 1.59. The molecule has 0 bridgehead atoms. The summed E-state index contributed by atoms with van der Waals surface area (Å²) in [6.07, 6.45) is -0.0291. The highest BCUT2D eigenvalue weighted by Gasteiger charge is 2.40. The monoisotopic (exact) mass is 303 g/mol. The van der Waals surface area contributed by atoms with Gasteiger partial charge in [-0.2, -0.15) is 0 Å². The van der Waals surface area contributed by atoms with E-state index in [0.717, 1.165) is 24.3 Å². The molecule has 0 spiro atoms. The molecule has 2 aromatic carbocycles. The fourth-order valence-electron chi connectivity index (χ4n) is 4.05. The molecule has 1 atom stereocenters. The van der Waals surface area contributed by atoms with Crippen molar-refractivity contribution in [3.05, 3.63) is 65.9 Å². The second-order valence-electron chi connectivity index (χ2n) is 6.28. The number of para-hydroxylation sites is 2. The van der Waals surface area contributed by atoms with Crippen LogP contribution in [-0.4, -0.2) is 29.0 Å². The van der Waals surface area contributed by atoms with Gasteiger partial charge in [0, 0.05) is 31.0 Å². The Morgan fingerprint density at radius 2 is 1.78 bits per heavy atom. The zero-order chi connectivity index (χ0) is 15.6. The lowest BCUT2D eigenvalue weighted by Gasteiger charge is -2.46. The van der Waals surface area contributed by atoms with Crippen molar-refractivity contribution in [1.29, 1.82) is 0 Å². The summed E-state index contributed by atoms with van der Waals surface area (Å²) in [6, 6.07) is 18.6. The largest absolute Gasteiger partial charge is 0.349 e. The van der Waals surface area contributed by atoms with Gasteiger partial charge in [-0.3, -0.25) is 4.79 Å². The summed E-state index contributed by atoms with van der Waals surface area (Å²) in [5.74, 6) is 0.139. The van der Waals surface area contributed by atoms with Crippen LogP contribution >= 0.6 is 0 Å². The minimum atomic E-state index is -0.0291. The average Bonchev–Trinajstić information content (AvgIpc) is 2.98. The molecular weight excluding hydrogens is 286 g/mol. The number of aromatic nitrogens is 1. The minimum Gasteiger partial charge on any atom is -0.349 e. The van der Waals surface area contributed by atoms with Crippen LogP contribution in [-0.2, 0) is 6.54 Å². The summed E-state index contributed by atoms with van der Waals surface area (Å²) >= 11 is 0. The molecule has 4 heteroatoms. The van der Waals surface area contributed by atoms with E-state index in [0.29, 0.717) is 0 Å². The Morgan fingerprint density at radius 1 is 1.00 bits per heavy atom. The molecule has 3 heterocycles. The number of fused-ring (bicyclic) bond motifs is 6. The highest BCUT2D eigenvalue weighted by Crippen LogP contribution is 2.41. The third-order valence-corrected chi connectivity index (χ3v) is 5.11. The highest BCUT2D eigenvalue weighted by molar-refractivity contribution is 6.02. The quantitative estimate of drug-likeness (QED) is 0.638. The molecular formula is C19H17N3O. The SMILES string of the molecule is CN1c2ccccc2C(=O)N2CCn3c(cc4ccccc43)C21. The molecule has 0 fully saturated rings. The van der Waals surface area contributed by atoms with Crippen molar-refractivity contribution in [2.24, 2.45) is 0 Å². The Labute approximate surface area is 134 Å². The number of benzene rings is 2. The number of nitrogens with zero attached hydrogens (tertiary/aromatic N) is 3. The maximum absolute atomic E-state index is 12.9. The normalized spacial score (nSPS) is 19.5. The third-order valence-electron chi connectivity index (χ3n) is 5.11. The lowest BCUT2D eigenvalue weighted by molar-refractivity contribution is 0.0602. The maximum Gasteiger partial charge on any atom is 0.257 e. The van der Waals surface area contributed by atoms with Gasteiger partial charge in [0.05, 0.1) is 16.9 Å². The van der Waals surface area contributed by atoms with Gasteiger partial charge in [-0.1, -0.05) is 30.3 Å².